The monoisotopic (exact) mass is 179 g/mol. The molecule has 4 nitrogen and oxygen atoms in total. The molecule has 66 valence electrons. The molecule has 0 aliphatic carbocycles. The summed E-state index contributed by atoms with van der Waals surface area (Å²) in [6.45, 7) is 2.93. The molecule has 2 unspecified atom stereocenters. The molecule has 0 radical (unpaired) electrons. The first kappa shape index (κ1) is 8.96. The number of ether oxygens (including phenoxy) is 1. The molecule has 0 aromatic carbocycles. The Morgan fingerprint density at radius 1 is 1.64 bits per heavy atom. The van der Waals surface area contributed by atoms with Gasteiger partial charge in [0.25, 0.3) is 0 Å². The van der Waals surface area contributed by atoms with Crippen molar-refractivity contribution in [3.05, 3.63) is 0 Å². The highest BCUT2D eigenvalue weighted by Gasteiger charge is 2.53. The molecule has 1 aliphatic heterocycles. The number of sulfonamides is 1. The van der Waals surface area contributed by atoms with E-state index in [0.717, 1.165) is 0 Å². The van der Waals surface area contributed by atoms with Gasteiger partial charge >= 0.3 is 0 Å². The Labute approximate surface area is 67.2 Å². The van der Waals surface area contributed by atoms with Crippen LogP contribution in [0.5, 0.6) is 0 Å². The van der Waals surface area contributed by atoms with Gasteiger partial charge in [0, 0.05) is 13.7 Å². The lowest BCUT2D eigenvalue weighted by atomic mass is 10.2. The van der Waals surface area contributed by atoms with Crippen molar-refractivity contribution < 1.29 is 13.2 Å². The highest BCUT2D eigenvalue weighted by atomic mass is 32.2. The molecule has 0 bridgehead atoms. The van der Waals surface area contributed by atoms with E-state index < -0.39 is 10.0 Å². The van der Waals surface area contributed by atoms with Gasteiger partial charge in [-0.3, -0.25) is 0 Å². The summed E-state index contributed by atoms with van der Waals surface area (Å²) in [5, 5.41) is 0. The molecule has 0 spiro atoms. The predicted molar refractivity (Wildman–Crippen MR) is 41.8 cm³/mol. The SMILES string of the molecule is COCC1(C)CN1S(C)(=O)=O. The zero-order valence-corrected chi connectivity index (χ0v) is 7.81. The Morgan fingerprint density at radius 2 is 2.18 bits per heavy atom. The van der Waals surface area contributed by atoms with Gasteiger partial charge in [0.05, 0.1) is 18.4 Å². The second kappa shape index (κ2) is 2.43. The van der Waals surface area contributed by atoms with E-state index in [-0.39, 0.29) is 5.54 Å². The largest absolute Gasteiger partial charge is 0.383 e. The van der Waals surface area contributed by atoms with Crippen LogP contribution in [0.1, 0.15) is 6.92 Å². The molecule has 5 heteroatoms. The van der Waals surface area contributed by atoms with E-state index in [1.54, 1.807) is 7.11 Å². The van der Waals surface area contributed by atoms with Crippen LogP contribution in [0.25, 0.3) is 0 Å². The summed E-state index contributed by atoms with van der Waals surface area (Å²) in [6, 6.07) is 0. The molecule has 0 N–H and O–H groups in total. The molecular weight excluding hydrogens is 166 g/mol. The van der Waals surface area contributed by atoms with E-state index in [1.807, 2.05) is 6.92 Å². The number of nitrogens with zero attached hydrogens (tertiary/aromatic N) is 1. The van der Waals surface area contributed by atoms with Crippen molar-refractivity contribution in [1.82, 2.24) is 4.31 Å². The highest BCUT2D eigenvalue weighted by Crippen LogP contribution is 2.34. The molecule has 0 saturated carbocycles. The van der Waals surface area contributed by atoms with Crippen LogP contribution in [0.2, 0.25) is 0 Å². The van der Waals surface area contributed by atoms with Gasteiger partial charge in [-0.2, -0.15) is 4.31 Å². The van der Waals surface area contributed by atoms with Crippen LogP contribution in [-0.4, -0.2) is 44.8 Å². The van der Waals surface area contributed by atoms with Gasteiger partial charge in [0.15, 0.2) is 0 Å². The Hall–Kier alpha value is -0.130. The minimum absolute atomic E-state index is 0.275. The Kier molecular flexibility index (Phi) is 1.98. The first-order chi connectivity index (χ1) is 4.90. The van der Waals surface area contributed by atoms with Crippen LogP contribution in [0, 0.1) is 0 Å². The van der Waals surface area contributed by atoms with Crippen molar-refractivity contribution in [2.24, 2.45) is 0 Å². The molecule has 0 aromatic heterocycles. The standard InChI is InChI=1S/C6H13NO3S/c1-6(5-10-2)4-7(6)11(3,8)9/h4-5H2,1-3H3. The molecule has 2 atom stereocenters. The second-order valence-electron chi connectivity index (χ2n) is 3.20. The van der Waals surface area contributed by atoms with Gasteiger partial charge < -0.3 is 4.74 Å². The number of rotatable bonds is 3. The molecule has 11 heavy (non-hydrogen) atoms. The summed E-state index contributed by atoms with van der Waals surface area (Å²) in [7, 11) is -1.43. The summed E-state index contributed by atoms with van der Waals surface area (Å²) in [4.78, 5) is 0. The fraction of sp³-hybridized carbons (Fsp3) is 1.00. The van der Waals surface area contributed by atoms with Crippen LogP contribution in [0.15, 0.2) is 0 Å². The average molecular weight is 179 g/mol. The zero-order chi connectivity index (χ0) is 8.70. The summed E-state index contributed by atoms with van der Waals surface area (Å²) in [6.07, 6.45) is 1.22. The molecular formula is C6H13NO3S. The quantitative estimate of drug-likeness (QED) is 0.557. The molecule has 1 heterocycles. The molecule has 1 saturated heterocycles. The third-order valence-corrected chi connectivity index (χ3v) is 3.21. The maximum Gasteiger partial charge on any atom is 0.211 e. The Bertz CT molecular complexity index is 249. The fourth-order valence-corrected chi connectivity index (χ4v) is 2.59. The van der Waals surface area contributed by atoms with Crippen molar-refractivity contribution in [2.45, 2.75) is 12.5 Å². The lowest BCUT2D eigenvalue weighted by Gasteiger charge is -2.08. The first-order valence-electron chi connectivity index (χ1n) is 3.37. The number of methoxy groups -OCH3 is 1. The van der Waals surface area contributed by atoms with Crippen molar-refractivity contribution in [2.75, 3.05) is 26.5 Å². The van der Waals surface area contributed by atoms with E-state index in [1.165, 1.54) is 10.6 Å². The summed E-state index contributed by atoms with van der Waals surface area (Å²) >= 11 is 0. The van der Waals surface area contributed by atoms with Crippen LogP contribution >= 0.6 is 0 Å². The smallest absolute Gasteiger partial charge is 0.211 e. The fourth-order valence-electron chi connectivity index (χ4n) is 1.22. The normalized spacial score (nSPS) is 37.2. The summed E-state index contributed by atoms with van der Waals surface area (Å²) < 4.78 is 28.2. The van der Waals surface area contributed by atoms with E-state index in [2.05, 4.69) is 0 Å². The molecule has 0 aromatic rings. The first-order valence-corrected chi connectivity index (χ1v) is 5.22. The maximum absolute atomic E-state index is 11.0. The van der Waals surface area contributed by atoms with Crippen molar-refractivity contribution >= 4 is 10.0 Å². The lowest BCUT2D eigenvalue weighted by Crippen LogP contribution is -2.24. The van der Waals surface area contributed by atoms with Crippen LogP contribution in [0.3, 0.4) is 0 Å². The van der Waals surface area contributed by atoms with E-state index in [9.17, 15) is 8.42 Å². The summed E-state index contributed by atoms with van der Waals surface area (Å²) in [5.41, 5.74) is -0.275. The lowest BCUT2D eigenvalue weighted by molar-refractivity contribution is 0.166. The van der Waals surface area contributed by atoms with E-state index >= 15 is 0 Å². The van der Waals surface area contributed by atoms with Gasteiger partial charge in [-0.1, -0.05) is 0 Å². The van der Waals surface area contributed by atoms with Gasteiger partial charge in [-0.15, -0.1) is 0 Å². The van der Waals surface area contributed by atoms with Crippen LogP contribution < -0.4 is 0 Å². The minimum Gasteiger partial charge on any atom is -0.383 e. The predicted octanol–water partition coefficient (Wildman–Crippen LogP) is -0.333. The summed E-state index contributed by atoms with van der Waals surface area (Å²) in [5.74, 6) is 0. The number of hydrogen-bond donors (Lipinski definition) is 0. The van der Waals surface area contributed by atoms with E-state index in [4.69, 9.17) is 4.74 Å². The average Bonchev–Trinajstić information content (AvgIpc) is 2.41. The maximum atomic E-state index is 11.0. The van der Waals surface area contributed by atoms with Gasteiger partial charge in [0.2, 0.25) is 10.0 Å². The topological polar surface area (TPSA) is 46.4 Å². The minimum atomic E-state index is -3.01. The van der Waals surface area contributed by atoms with Gasteiger partial charge in [-0.25, -0.2) is 8.42 Å². The van der Waals surface area contributed by atoms with Gasteiger partial charge in [0.1, 0.15) is 0 Å². The van der Waals surface area contributed by atoms with Crippen molar-refractivity contribution in [1.29, 1.82) is 0 Å². The molecule has 1 rings (SSSR count). The zero-order valence-electron chi connectivity index (χ0n) is 6.99. The van der Waals surface area contributed by atoms with E-state index in [0.29, 0.717) is 13.2 Å². The second-order valence-corrected chi connectivity index (χ2v) is 5.11. The highest BCUT2D eigenvalue weighted by molar-refractivity contribution is 7.88. The molecule has 0 amide bonds. The molecule has 1 fully saturated rings. The molecule has 1 aliphatic rings. The number of hydrogen-bond acceptors (Lipinski definition) is 3. The third-order valence-electron chi connectivity index (χ3n) is 1.84. The Balaban J connectivity index is 2.60. The van der Waals surface area contributed by atoms with Crippen LogP contribution in [-0.2, 0) is 14.8 Å². The third kappa shape index (κ3) is 1.72. The van der Waals surface area contributed by atoms with Crippen LogP contribution in [0.4, 0.5) is 0 Å². The van der Waals surface area contributed by atoms with Crippen molar-refractivity contribution in [3.8, 4) is 0 Å². The van der Waals surface area contributed by atoms with Crippen molar-refractivity contribution in [3.63, 3.8) is 0 Å². The van der Waals surface area contributed by atoms with Gasteiger partial charge in [-0.05, 0) is 6.92 Å². The Morgan fingerprint density at radius 3 is 2.45 bits per heavy atom.